The zero-order chi connectivity index (χ0) is 13.4. The average Bonchev–Trinajstić information content (AvgIpc) is 2.38. The van der Waals surface area contributed by atoms with E-state index in [0.717, 1.165) is 12.8 Å². The van der Waals surface area contributed by atoms with Gasteiger partial charge in [0.1, 0.15) is 5.75 Å². The SMILES string of the molecule is CCCCC(=O)Oc1ccccc1CC(=O)OC. The van der Waals surface area contributed by atoms with Crippen molar-refractivity contribution in [3.63, 3.8) is 0 Å². The lowest BCUT2D eigenvalue weighted by atomic mass is 10.1. The summed E-state index contributed by atoms with van der Waals surface area (Å²) in [6.45, 7) is 2.01. The topological polar surface area (TPSA) is 52.6 Å². The standard InChI is InChI=1S/C14H18O4/c1-3-4-9-13(15)18-12-8-6-5-7-11(12)10-14(16)17-2/h5-8H,3-4,9-10H2,1-2H3. The molecule has 0 amide bonds. The van der Waals surface area contributed by atoms with E-state index in [1.807, 2.05) is 6.92 Å². The van der Waals surface area contributed by atoms with Crippen LogP contribution in [0.25, 0.3) is 0 Å². The van der Waals surface area contributed by atoms with Crippen LogP contribution in [0.1, 0.15) is 31.7 Å². The van der Waals surface area contributed by atoms with Crippen LogP contribution >= 0.6 is 0 Å². The van der Waals surface area contributed by atoms with Crippen LogP contribution in [0, 0.1) is 0 Å². The molecule has 1 rings (SSSR count). The minimum absolute atomic E-state index is 0.105. The molecule has 0 saturated heterocycles. The molecule has 0 saturated carbocycles. The van der Waals surface area contributed by atoms with Gasteiger partial charge in [-0.2, -0.15) is 0 Å². The molecule has 0 radical (unpaired) electrons. The van der Waals surface area contributed by atoms with E-state index < -0.39 is 0 Å². The summed E-state index contributed by atoms with van der Waals surface area (Å²) in [6, 6.07) is 6.99. The quantitative estimate of drug-likeness (QED) is 0.575. The van der Waals surface area contributed by atoms with Gasteiger partial charge in [0.25, 0.3) is 0 Å². The molecule has 0 aliphatic heterocycles. The number of ether oxygens (including phenoxy) is 2. The Kier molecular flexibility index (Phi) is 5.91. The second-order valence-electron chi connectivity index (χ2n) is 3.94. The maximum atomic E-state index is 11.5. The summed E-state index contributed by atoms with van der Waals surface area (Å²) in [5.41, 5.74) is 0.661. The third kappa shape index (κ3) is 4.57. The molecule has 0 atom stereocenters. The van der Waals surface area contributed by atoms with Crippen molar-refractivity contribution in [2.75, 3.05) is 7.11 Å². The second kappa shape index (κ2) is 7.48. The van der Waals surface area contributed by atoms with Crippen molar-refractivity contribution in [1.29, 1.82) is 0 Å². The predicted molar refractivity (Wildman–Crippen MR) is 67.3 cm³/mol. The lowest BCUT2D eigenvalue weighted by Crippen LogP contribution is -2.11. The van der Waals surface area contributed by atoms with E-state index in [9.17, 15) is 9.59 Å². The highest BCUT2D eigenvalue weighted by Crippen LogP contribution is 2.19. The molecule has 0 heterocycles. The van der Waals surface area contributed by atoms with Crippen molar-refractivity contribution < 1.29 is 19.1 Å². The van der Waals surface area contributed by atoms with E-state index in [-0.39, 0.29) is 18.4 Å². The number of rotatable bonds is 6. The zero-order valence-corrected chi connectivity index (χ0v) is 10.8. The number of methoxy groups -OCH3 is 1. The summed E-state index contributed by atoms with van der Waals surface area (Å²) >= 11 is 0. The molecule has 0 bridgehead atoms. The molecule has 0 aliphatic rings. The normalized spacial score (nSPS) is 9.89. The monoisotopic (exact) mass is 250 g/mol. The number of carbonyl (C=O) groups is 2. The summed E-state index contributed by atoms with van der Waals surface area (Å²) in [5.74, 6) is -0.190. The van der Waals surface area contributed by atoms with Gasteiger partial charge in [0, 0.05) is 12.0 Å². The highest BCUT2D eigenvalue weighted by Gasteiger charge is 2.11. The Labute approximate surface area is 107 Å². The van der Waals surface area contributed by atoms with Gasteiger partial charge in [0.05, 0.1) is 13.5 Å². The fourth-order valence-electron chi connectivity index (χ4n) is 1.47. The third-order valence-electron chi connectivity index (χ3n) is 2.49. The van der Waals surface area contributed by atoms with Gasteiger partial charge in [-0.3, -0.25) is 9.59 Å². The summed E-state index contributed by atoms with van der Waals surface area (Å²) in [4.78, 5) is 22.8. The summed E-state index contributed by atoms with van der Waals surface area (Å²) in [5, 5.41) is 0. The lowest BCUT2D eigenvalue weighted by molar-refractivity contribution is -0.140. The average molecular weight is 250 g/mol. The van der Waals surface area contributed by atoms with Crippen LogP contribution in [0.2, 0.25) is 0 Å². The molecule has 0 spiro atoms. The number of benzene rings is 1. The Balaban J connectivity index is 2.69. The van der Waals surface area contributed by atoms with E-state index >= 15 is 0 Å². The molecule has 1 aromatic rings. The van der Waals surface area contributed by atoms with Crippen LogP contribution in [-0.4, -0.2) is 19.0 Å². The van der Waals surface area contributed by atoms with Crippen LogP contribution < -0.4 is 4.74 Å². The van der Waals surface area contributed by atoms with Crippen LogP contribution in [-0.2, 0) is 20.7 Å². The van der Waals surface area contributed by atoms with Gasteiger partial charge < -0.3 is 9.47 Å². The number of esters is 2. The van der Waals surface area contributed by atoms with Crippen molar-refractivity contribution in [2.24, 2.45) is 0 Å². The highest BCUT2D eigenvalue weighted by molar-refractivity contribution is 5.76. The van der Waals surface area contributed by atoms with Gasteiger partial charge in [0.2, 0.25) is 0 Å². The summed E-state index contributed by atoms with van der Waals surface area (Å²) < 4.78 is 9.85. The van der Waals surface area contributed by atoms with Crippen molar-refractivity contribution in [3.8, 4) is 5.75 Å². The van der Waals surface area contributed by atoms with Gasteiger partial charge >= 0.3 is 11.9 Å². The largest absolute Gasteiger partial charge is 0.469 e. The van der Waals surface area contributed by atoms with E-state index in [2.05, 4.69) is 4.74 Å². The summed E-state index contributed by atoms with van der Waals surface area (Å²) in [6.07, 6.45) is 2.24. The Morgan fingerprint density at radius 1 is 1.17 bits per heavy atom. The van der Waals surface area contributed by atoms with Crippen molar-refractivity contribution in [2.45, 2.75) is 32.6 Å². The fraction of sp³-hybridized carbons (Fsp3) is 0.429. The molecule has 0 fully saturated rings. The Morgan fingerprint density at radius 2 is 1.89 bits per heavy atom. The van der Waals surface area contributed by atoms with Crippen LogP contribution in [0.3, 0.4) is 0 Å². The first-order valence-corrected chi connectivity index (χ1v) is 6.02. The van der Waals surface area contributed by atoms with Crippen molar-refractivity contribution >= 4 is 11.9 Å². The third-order valence-corrected chi connectivity index (χ3v) is 2.49. The molecule has 0 N–H and O–H groups in total. The smallest absolute Gasteiger partial charge is 0.311 e. The van der Waals surface area contributed by atoms with Crippen molar-refractivity contribution in [1.82, 2.24) is 0 Å². The van der Waals surface area contributed by atoms with E-state index in [1.54, 1.807) is 24.3 Å². The number of para-hydroxylation sites is 1. The minimum Gasteiger partial charge on any atom is -0.469 e. The zero-order valence-electron chi connectivity index (χ0n) is 10.8. The van der Waals surface area contributed by atoms with Gasteiger partial charge in [-0.15, -0.1) is 0 Å². The minimum atomic E-state index is -0.355. The van der Waals surface area contributed by atoms with Crippen LogP contribution in [0.4, 0.5) is 0 Å². The van der Waals surface area contributed by atoms with Gasteiger partial charge in [-0.25, -0.2) is 0 Å². The number of unbranched alkanes of at least 4 members (excludes halogenated alkanes) is 1. The van der Waals surface area contributed by atoms with E-state index in [1.165, 1.54) is 7.11 Å². The molecular weight excluding hydrogens is 232 g/mol. The maximum absolute atomic E-state index is 11.5. The van der Waals surface area contributed by atoms with E-state index in [4.69, 9.17) is 4.74 Å². The van der Waals surface area contributed by atoms with Gasteiger partial charge in [-0.05, 0) is 12.5 Å². The Bertz CT molecular complexity index is 412. The van der Waals surface area contributed by atoms with Gasteiger partial charge in [-0.1, -0.05) is 31.5 Å². The maximum Gasteiger partial charge on any atom is 0.311 e. The van der Waals surface area contributed by atoms with E-state index in [0.29, 0.717) is 17.7 Å². The Hall–Kier alpha value is -1.84. The Morgan fingerprint density at radius 3 is 2.56 bits per heavy atom. The molecule has 98 valence electrons. The molecule has 0 aromatic heterocycles. The lowest BCUT2D eigenvalue weighted by Gasteiger charge is -2.08. The first-order chi connectivity index (χ1) is 8.67. The molecule has 0 aliphatic carbocycles. The van der Waals surface area contributed by atoms with Gasteiger partial charge in [0.15, 0.2) is 0 Å². The molecule has 0 unspecified atom stereocenters. The predicted octanol–water partition coefficient (Wildman–Crippen LogP) is 2.50. The summed E-state index contributed by atoms with van der Waals surface area (Å²) in [7, 11) is 1.33. The fourth-order valence-corrected chi connectivity index (χ4v) is 1.47. The number of carbonyl (C=O) groups excluding carboxylic acids is 2. The first-order valence-electron chi connectivity index (χ1n) is 6.02. The highest BCUT2D eigenvalue weighted by atomic mass is 16.5. The van der Waals surface area contributed by atoms with Crippen molar-refractivity contribution in [3.05, 3.63) is 29.8 Å². The molecule has 4 nitrogen and oxygen atoms in total. The first kappa shape index (κ1) is 14.2. The molecule has 18 heavy (non-hydrogen) atoms. The second-order valence-corrected chi connectivity index (χ2v) is 3.94. The molecular formula is C14H18O4. The molecule has 4 heteroatoms. The number of hydrogen-bond acceptors (Lipinski definition) is 4. The van der Waals surface area contributed by atoms with Crippen LogP contribution in [0.5, 0.6) is 5.75 Å². The molecule has 1 aromatic carbocycles. The number of hydrogen-bond donors (Lipinski definition) is 0. The van der Waals surface area contributed by atoms with Crippen LogP contribution in [0.15, 0.2) is 24.3 Å².